The molecule has 1 N–H and O–H groups in total. The Labute approximate surface area is 153 Å². The second kappa shape index (κ2) is 7.42. The van der Waals surface area contributed by atoms with Crippen LogP contribution in [0.1, 0.15) is 42.7 Å². The Morgan fingerprint density at radius 2 is 1.62 bits per heavy atom. The maximum atomic E-state index is 13.0. The zero-order valence-electron chi connectivity index (χ0n) is 14.7. The molecule has 0 bridgehead atoms. The molecule has 0 radical (unpaired) electrons. The van der Waals surface area contributed by atoms with Gasteiger partial charge in [0.15, 0.2) is 11.9 Å². The quantitative estimate of drug-likeness (QED) is 0.778. The van der Waals surface area contributed by atoms with Gasteiger partial charge in [-0.15, -0.1) is 0 Å². The lowest BCUT2D eigenvalue weighted by atomic mass is 9.88. The molecule has 4 heteroatoms. The summed E-state index contributed by atoms with van der Waals surface area (Å²) in [6, 6.07) is 16.5. The van der Waals surface area contributed by atoms with Crippen LogP contribution in [-0.4, -0.2) is 30.9 Å². The molecule has 2 aromatic carbocycles. The van der Waals surface area contributed by atoms with E-state index in [1.807, 2.05) is 36.4 Å². The number of ketones is 1. The predicted octanol–water partition coefficient (Wildman–Crippen LogP) is 3.44. The van der Waals surface area contributed by atoms with E-state index in [1.54, 1.807) is 0 Å². The van der Waals surface area contributed by atoms with Gasteiger partial charge in [-0.1, -0.05) is 61.4 Å². The van der Waals surface area contributed by atoms with Gasteiger partial charge in [0.25, 0.3) is 6.47 Å². The Bertz CT molecular complexity index is 765. The normalized spacial score (nSPS) is 17.5. The van der Waals surface area contributed by atoms with Crippen LogP contribution in [0.5, 0.6) is 0 Å². The van der Waals surface area contributed by atoms with E-state index in [-0.39, 0.29) is 18.2 Å². The Kier molecular flexibility index (Phi) is 4.85. The molecule has 1 unspecified atom stereocenters. The fourth-order valence-corrected chi connectivity index (χ4v) is 4.40. The van der Waals surface area contributed by atoms with Crippen molar-refractivity contribution in [1.82, 2.24) is 5.32 Å². The van der Waals surface area contributed by atoms with E-state index in [2.05, 4.69) is 17.4 Å². The summed E-state index contributed by atoms with van der Waals surface area (Å²) >= 11 is 0. The van der Waals surface area contributed by atoms with Crippen molar-refractivity contribution in [2.45, 2.75) is 43.7 Å². The third-order valence-corrected chi connectivity index (χ3v) is 5.62. The fraction of sp³-hybridized carbons (Fsp3) is 0.364. The largest absolute Gasteiger partial charge is 0.455 e. The standard InChI is InChI=1S/C22H23NO3/c24-14-26-22(20(25)13-23-15-7-1-2-8-15)21-18-11-5-3-9-16(18)17-10-4-6-12-19(17)21/h3-6,9-12,14-15,21-23H,1-2,7-8,13H2. The van der Waals surface area contributed by atoms with Gasteiger partial charge in [-0.2, -0.15) is 0 Å². The summed E-state index contributed by atoms with van der Waals surface area (Å²) in [5.41, 5.74) is 4.33. The summed E-state index contributed by atoms with van der Waals surface area (Å²) < 4.78 is 5.35. The van der Waals surface area contributed by atoms with Gasteiger partial charge < -0.3 is 10.1 Å². The van der Waals surface area contributed by atoms with Crippen LogP contribution in [0.25, 0.3) is 11.1 Å². The number of benzene rings is 2. The smallest absolute Gasteiger partial charge is 0.293 e. The van der Waals surface area contributed by atoms with Gasteiger partial charge in [-0.3, -0.25) is 9.59 Å². The Hall–Kier alpha value is -2.46. The van der Waals surface area contributed by atoms with Crippen LogP contribution in [0.15, 0.2) is 48.5 Å². The van der Waals surface area contributed by atoms with Crippen molar-refractivity contribution in [3.05, 3.63) is 59.7 Å². The summed E-state index contributed by atoms with van der Waals surface area (Å²) in [4.78, 5) is 24.1. The van der Waals surface area contributed by atoms with Crippen LogP contribution < -0.4 is 5.32 Å². The van der Waals surface area contributed by atoms with E-state index in [0.29, 0.717) is 12.5 Å². The lowest BCUT2D eigenvalue weighted by Gasteiger charge is -2.24. The molecule has 1 saturated carbocycles. The first-order valence-corrected chi connectivity index (χ1v) is 9.33. The van der Waals surface area contributed by atoms with Gasteiger partial charge in [-0.25, -0.2) is 0 Å². The lowest BCUT2D eigenvalue weighted by molar-refractivity contribution is -0.144. The Balaban J connectivity index is 1.63. The first-order chi connectivity index (χ1) is 12.8. The molecule has 2 aliphatic carbocycles. The Morgan fingerprint density at radius 1 is 1.04 bits per heavy atom. The second-order valence-corrected chi connectivity index (χ2v) is 7.13. The molecule has 4 rings (SSSR count). The summed E-state index contributed by atoms with van der Waals surface area (Å²) in [5.74, 6) is -0.314. The minimum atomic E-state index is -0.800. The molecular formula is C22H23NO3. The topological polar surface area (TPSA) is 55.4 Å². The molecule has 1 fully saturated rings. The molecule has 0 aliphatic heterocycles. The van der Waals surface area contributed by atoms with Crippen molar-refractivity contribution in [1.29, 1.82) is 0 Å². The lowest BCUT2D eigenvalue weighted by Crippen LogP contribution is -2.40. The molecule has 134 valence electrons. The van der Waals surface area contributed by atoms with Crippen molar-refractivity contribution in [2.24, 2.45) is 0 Å². The second-order valence-electron chi connectivity index (χ2n) is 7.13. The van der Waals surface area contributed by atoms with Gasteiger partial charge in [-0.05, 0) is 35.1 Å². The van der Waals surface area contributed by atoms with Crippen LogP contribution in [0.2, 0.25) is 0 Å². The summed E-state index contributed by atoms with van der Waals surface area (Å²) in [6.07, 6.45) is 3.85. The van der Waals surface area contributed by atoms with Gasteiger partial charge in [0.1, 0.15) is 0 Å². The highest BCUT2D eigenvalue weighted by molar-refractivity contribution is 5.90. The highest BCUT2D eigenvalue weighted by Gasteiger charge is 2.39. The molecule has 2 aromatic rings. The monoisotopic (exact) mass is 349 g/mol. The molecule has 1 atom stereocenters. The van der Waals surface area contributed by atoms with Gasteiger partial charge in [0.2, 0.25) is 0 Å². The third-order valence-electron chi connectivity index (χ3n) is 5.62. The Morgan fingerprint density at radius 3 is 2.19 bits per heavy atom. The van der Waals surface area contributed by atoms with Crippen LogP contribution in [-0.2, 0) is 14.3 Å². The molecule has 0 spiro atoms. The molecule has 2 aliphatic rings. The van der Waals surface area contributed by atoms with E-state index in [1.165, 1.54) is 12.8 Å². The van der Waals surface area contributed by atoms with Crippen LogP contribution >= 0.6 is 0 Å². The molecule has 0 heterocycles. The maximum Gasteiger partial charge on any atom is 0.293 e. The molecule has 26 heavy (non-hydrogen) atoms. The van der Waals surface area contributed by atoms with Crippen molar-refractivity contribution < 1.29 is 14.3 Å². The highest BCUT2D eigenvalue weighted by atomic mass is 16.5. The van der Waals surface area contributed by atoms with E-state index in [4.69, 9.17) is 4.74 Å². The fourth-order valence-electron chi connectivity index (χ4n) is 4.40. The van der Waals surface area contributed by atoms with Gasteiger partial charge in [0.05, 0.1) is 12.5 Å². The third kappa shape index (κ3) is 3.06. The van der Waals surface area contributed by atoms with Gasteiger partial charge in [0, 0.05) is 6.04 Å². The average molecular weight is 349 g/mol. The van der Waals surface area contributed by atoms with Crippen LogP contribution in [0.3, 0.4) is 0 Å². The van der Waals surface area contributed by atoms with E-state index in [0.717, 1.165) is 35.1 Å². The SMILES string of the molecule is O=COC(C(=O)CNC1CCCC1)C1c2ccccc2-c2ccccc21. The number of hydrogen-bond donors (Lipinski definition) is 1. The number of fused-ring (bicyclic) bond motifs is 3. The van der Waals surface area contributed by atoms with E-state index >= 15 is 0 Å². The number of carbonyl (C=O) groups excluding carboxylic acids is 2. The number of hydrogen-bond acceptors (Lipinski definition) is 4. The van der Waals surface area contributed by atoms with E-state index < -0.39 is 6.10 Å². The first kappa shape index (κ1) is 17.0. The zero-order valence-corrected chi connectivity index (χ0v) is 14.7. The minimum absolute atomic E-state index is 0.0690. The van der Waals surface area contributed by atoms with Crippen LogP contribution in [0.4, 0.5) is 0 Å². The molecule has 0 aromatic heterocycles. The predicted molar refractivity (Wildman–Crippen MR) is 99.9 cm³/mol. The molecule has 0 amide bonds. The van der Waals surface area contributed by atoms with Crippen molar-refractivity contribution >= 4 is 12.3 Å². The molecule has 0 saturated heterocycles. The number of carbonyl (C=O) groups is 2. The molecular weight excluding hydrogens is 326 g/mol. The number of Topliss-reactive ketones (excluding diaryl/α,β-unsaturated/α-hetero) is 1. The maximum absolute atomic E-state index is 13.0. The van der Waals surface area contributed by atoms with Crippen molar-refractivity contribution in [2.75, 3.05) is 6.54 Å². The van der Waals surface area contributed by atoms with Crippen molar-refractivity contribution in [3.8, 4) is 11.1 Å². The summed E-state index contributed by atoms with van der Waals surface area (Å²) in [7, 11) is 0. The minimum Gasteiger partial charge on any atom is -0.455 e. The van der Waals surface area contributed by atoms with Crippen LogP contribution in [0, 0.1) is 0 Å². The van der Waals surface area contributed by atoms with Gasteiger partial charge >= 0.3 is 0 Å². The number of nitrogens with one attached hydrogen (secondary N) is 1. The number of ether oxygens (including phenoxy) is 1. The highest BCUT2D eigenvalue weighted by Crippen LogP contribution is 2.46. The molecule has 4 nitrogen and oxygen atoms in total. The first-order valence-electron chi connectivity index (χ1n) is 9.33. The van der Waals surface area contributed by atoms with E-state index in [9.17, 15) is 9.59 Å². The average Bonchev–Trinajstić information content (AvgIpc) is 3.30. The number of rotatable bonds is 7. The zero-order chi connectivity index (χ0) is 17.9. The summed E-state index contributed by atoms with van der Waals surface area (Å²) in [6.45, 7) is 0.645. The van der Waals surface area contributed by atoms with Crippen molar-refractivity contribution in [3.63, 3.8) is 0 Å². The summed E-state index contributed by atoms with van der Waals surface area (Å²) in [5, 5.41) is 3.35.